The monoisotopic (exact) mass is 290 g/mol. The Balaban J connectivity index is 2.17. The molecule has 2 rings (SSSR count). The average molecular weight is 290 g/mol. The molecule has 1 amide bonds. The van der Waals surface area contributed by atoms with Crippen LogP contribution in [0.2, 0.25) is 0 Å². The zero-order chi connectivity index (χ0) is 15.6. The van der Waals surface area contributed by atoms with Crippen LogP contribution in [0.15, 0.2) is 23.0 Å². The minimum Gasteiger partial charge on any atom is -0.351 e. The lowest BCUT2D eigenvalue weighted by molar-refractivity contribution is 0.0884. The summed E-state index contributed by atoms with van der Waals surface area (Å²) in [4.78, 5) is 16.6. The van der Waals surface area contributed by atoms with Crippen LogP contribution < -0.4 is 5.32 Å². The average Bonchev–Trinajstić information content (AvgIpc) is 3.04. The first-order chi connectivity index (χ1) is 9.90. The van der Waals surface area contributed by atoms with E-state index >= 15 is 0 Å². The molecular weight excluding hydrogens is 268 g/mol. The van der Waals surface area contributed by atoms with Crippen molar-refractivity contribution in [3.8, 4) is 0 Å². The third-order valence-electron chi connectivity index (χ3n) is 3.43. The first-order valence-electron chi connectivity index (χ1n) is 7.14. The summed E-state index contributed by atoms with van der Waals surface area (Å²) in [6, 6.07) is 1.51. The number of hydrogen-bond donors (Lipinski definition) is 1. The standard InChI is InChI=1S/C15H22N4O2/c1-9(2)11-8-12(21-18-11)15(20)17-13(10(3)4)14-16-6-7-19(14)5/h6-10,13H,1-5H3,(H,17,20)/t13-/m0/s1. The quantitative estimate of drug-likeness (QED) is 0.918. The SMILES string of the molecule is CC(C)c1cc(C(=O)N[C@H](c2nccn2C)C(C)C)on1. The summed E-state index contributed by atoms with van der Waals surface area (Å²) >= 11 is 0. The summed E-state index contributed by atoms with van der Waals surface area (Å²) in [6.45, 7) is 8.09. The summed E-state index contributed by atoms with van der Waals surface area (Å²) in [6.07, 6.45) is 3.59. The fraction of sp³-hybridized carbons (Fsp3) is 0.533. The molecule has 2 aromatic heterocycles. The fourth-order valence-electron chi connectivity index (χ4n) is 2.09. The molecule has 6 nitrogen and oxygen atoms in total. The normalized spacial score (nSPS) is 12.9. The Kier molecular flexibility index (Phi) is 4.45. The van der Waals surface area contributed by atoms with Crippen LogP contribution in [0.5, 0.6) is 0 Å². The van der Waals surface area contributed by atoms with Crippen LogP contribution in [-0.4, -0.2) is 20.6 Å². The molecule has 114 valence electrons. The van der Waals surface area contributed by atoms with Crippen molar-refractivity contribution in [1.82, 2.24) is 20.0 Å². The molecule has 2 heterocycles. The Morgan fingerprint density at radius 1 is 1.33 bits per heavy atom. The Morgan fingerprint density at radius 3 is 2.52 bits per heavy atom. The van der Waals surface area contributed by atoms with Gasteiger partial charge in [0.15, 0.2) is 0 Å². The van der Waals surface area contributed by atoms with Gasteiger partial charge in [-0.2, -0.15) is 0 Å². The number of hydrogen-bond acceptors (Lipinski definition) is 4. The molecule has 0 unspecified atom stereocenters. The van der Waals surface area contributed by atoms with Crippen LogP contribution in [0.4, 0.5) is 0 Å². The van der Waals surface area contributed by atoms with E-state index in [4.69, 9.17) is 4.52 Å². The molecule has 0 aromatic carbocycles. The number of aryl methyl sites for hydroxylation is 1. The van der Waals surface area contributed by atoms with E-state index in [-0.39, 0.29) is 29.5 Å². The van der Waals surface area contributed by atoms with Gasteiger partial charge in [0.2, 0.25) is 5.76 Å². The van der Waals surface area contributed by atoms with Crippen LogP contribution >= 0.6 is 0 Å². The van der Waals surface area contributed by atoms with Crippen LogP contribution in [0.25, 0.3) is 0 Å². The van der Waals surface area contributed by atoms with E-state index in [0.717, 1.165) is 11.5 Å². The topological polar surface area (TPSA) is 73.0 Å². The number of nitrogens with one attached hydrogen (secondary N) is 1. The first-order valence-corrected chi connectivity index (χ1v) is 7.14. The summed E-state index contributed by atoms with van der Waals surface area (Å²) in [5, 5.41) is 6.88. The summed E-state index contributed by atoms with van der Waals surface area (Å²) in [5.74, 6) is 1.23. The van der Waals surface area contributed by atoms with Gasteiger partial charge in [0.1, 0.15) is 5.82 Å². The van der Waals surface area contributed by atoms with Crippen LogP contribution in [-0.2, 0) is 7.05 Å². The number of imidazole rings is 1. The molecule has 2 aromatic rings. The maximum absolute atomic E-state index is 12.3. The molecule has 0 spiro atoms. The summed E-state index contributed by atoms with van der Waals surface area (Å²) in [7, 11) is 1.91. The smallest absolute Gasteiger partial charge is 0.290 e. The minimum absolute atomic E-state index is 0.176. The number of carbonyl (C=O) groups excluding carboxylic acids is 1. The lowest BCUT2D eigenvalue weighted by Crippen LogP contribution is -2.33. The van der Waals surface area contributed by atoms with Crippen molar-refractivity contribution >= 4 is 5.91 Å². The maximum Gasteiger partial charge on any atom is 0.290 e. The molecule has 1 N–H and O–H groups in total. The molecule has 0 aliphatic carbocycles. The predicted octanol–water partition coefficient (Wildman–Crippen LogP) is 2.66. The molecular formula is C15H22N4O2. The molecule has 0 bridgehead atoms. The molecule has 0 saturated carbocycles. The van der Waals surface area contributed by atoms with E-state index < -0.39 is 0 Å². The second-order valence-corrected chi connectivity index (χ2v) is 5.86. The summed E-state index contributed by atoms with van der Waals surface area (Å²) < 4.78 is 7.03. The number of rotatable bonds is 5. The molecule has 0 aliphatic heterocycles. The second kappa shape index (κ2) is 6.11. The Morgan fingerprint density at radius 2 is 2.05 bits per heavy atom. The lowest BCUT2D eigenvalue weighted by atomic mass is 10.0. The number of amides is 1. The second-order valence-electron chi connectivity index (χ2n) is 5.86. The van der Waals surface area contributed by atoms with Gasteiger partial charge >= 0.3 is 0 Å². The van der Waals surface area contributed by atoms with E-state index in [2.05, 4.69) is 15.5 Å². The first kappa shape index (κ1) is 15.3. The van der Waals surface area contributed by atoms with Gasteiger partial charge in [0.05, 0.1) is 11.7 Å². The number of carbonyl (C=O) groups is 1. The molecule has 0 fully saturated rings. The highest BCUT2D eigenvalue weighted by atomic mass is 16.5. The highest BCUT2D eigenvalue weighted by molar-refractivity contribution is 5.91. The van der Waals surface area contributed by atoms with Gasteiger partial charge in [0.25, 0.3) is 5.91 Å². The van der Waals surface area contributed by atoms with Crippen molar-refractivity contribution in [1.29, 1.82) is 0 Å². The molecule has 0 aliphatic rings. The van der Waals surface area contributed by atoms with E-state index in [9.17, 15) is 4.79 Å². The van der Waals surface area contributed by atoms with Crippen LogP contribution in [0.1, 0.15) is 61.7 Å². The molecule has 6 heteroatoms. The fourth-order valence-corrected chi connectivity index (χ4v) is 2.09. The van der Waals surface area contributed by atoms with E-state index in [1.165, 1.54) is 0 Å². The van der Waals surface area contributed by atoms with Gasteiger partial charge in [-0.15, -0.1) is 0 Å². The van der Waals surface area contributed by atoms with E-state index in [1.807, 2.05) is 45.5 Å². The van der Waals surface area contributed by atoms with Gasteiger partial charge in [-0.05, 0) is 11.8 Å². The van der Waals surface area contributed by atoms with Gasteiger partial charge in [0, 0.05) is 25.5 Å². The summed E-state index contributed by atoms with van der Waals surface area (Å²) in [5.41, 5.74) is 0.776. The minimum atomic E-state index is -0.268. The van der Waals surface area contributed by atoms with Gasteiger partial charge < -0.3 is 14.4 Å². The third-order valence-corrected chi connectivity index (χ3v) is 3.43. The molecule has 0 saturated heterocycles. The molecule has 21 heavy (non-hydrogen) atoms. The number of nitrogens with zero attached hydrogens (tertiary/aromatic N) is 3. The Hall–Kier alpha value is -2.11. The van der Waals surface area contributed by atoms with Crippen molar-refractivity contribution in [2.24, 2.45) is 13.0 Å². The van der Waals surface area contributed by atoms with Gasteiger partial charge in [-0.3, -0.25) is 4.79 Å². The van der Waals surface area contributed by atoms with Gasteiger partial charge in [-0.1, -0.05) is 32.9 Å². The Labute approximate surface area is 124 Å². The molecule has 0 radical (unpaired) electrons. The van der Waals surface area contributed by atoms with E-state index in [0.29, 0.717) is 0 Å². The van der Waals surface area contributed by atoms with Crippen molar-refractivity contribution in [3.05, 3.63) is 35.7 Å². The largest absolute Gasteiger partial charge is 0.351 e. The van der Waals surface area contributed by atoms with Crippen LogP contribution in [0.3, 0.4) is 0 Å². The number of aromatic nitrogens is 3. The highest BCUT2D eigenvalue weighted by Gasteiger charge is 2.24. The highest BCUT2D eigenvalue weighted by Crippen LogP contribution is 2.21. The maximum atomic E-state index is 12.3. The predicted molar refractivity (Wildman–Crippen MR) is 78.8 cm³/mol. The Bertz CT molecular complexity index is 613. The van der Waals surface area contributed by atoms with Crippen LogP contribution in [0, 0.1) is 5.92 Å². The third kappa shape index (κ3) is 3.32. The zero-order valence-electron chi connectivity index (χ0n) is 13.1. The van der Waals surface area contributed by atoms with Crippen molar-refractivity contribution in [2.45, 2.75) is 39.7 Å². The van der Waals surface area contributed by atoms with Gasteiger partial charge in [-0.25, -0.2) is 4.98 Å². The lowest BCUT2D eigenvalue weighted by Gasteiger charge is -2.21. The zero-order valence-corrected chi connectivity index (χ0v) is 13.1. The van der Waals surface area contributed by atoms with E-state index in [1.54, 1.807) is 12.3 Å². The molecule has 1 atom stereocenters. The van der Waals surface area contributed by atoms with Crippen molar-refractivity contribution in [2.75, 3.05) is 0 Å². The van der Waals surface area contributed by atoms with Crippen molar-refractivity contribution in [3.63, 3.8) is 0 Å². The van der Waals surface area contributed by atoms with Crippen molar-refractivity contribution < 1.29 is 9.32 Å².